The molecule has 0 spiro atoms. The van der Waals surface area contributed by atoms with E-state index in [1.54, 1.807) is 6.92 Å². The molecule has 2 N–H and O–H groups in total. The van der Waals surface area contributed by atoms with Crippen LogP contribution < -0.4 is 5.32 Å². The van der Waals surface area contributed by atoms with Crippen LogP contribution in [0.2, 0.25) is 0 Å². The first-order chi connectivity index (χ1) is 8.66. The van der Waals surface area contributed by atoms with Crippen LogP contribution in [0.4, 0.5) is 5.13 Å². The maximum atomic E-state index is 11.0. The zero-order valence-electron chi connectivity index (χ0n) is 10.7. The Hall–Kier alpha value is -1.10. The number of rotatable bonds is 3. The smallest absolute Gasteiger partial charge is 0.347 e. The fourth-order valence-electron chi connectivity index (χ4n) is 2.43. The Morgan fingerprint density at radius 2 is 1.89 bits per heavy atom. The number of anilines is 1. The minimum Gasteiger partial charge on any atom is -0.477 e. The van der Waals surface area contributed by atoms with E-state index in [0.717, 1.165) is 5.13 Å². The molecule has 4 nitrogen and oxygen atoms in total. The van der Waals surface area contributed by atoms with Gasteiger partial charge in [-0.15, -0.1) is 0 Å². The van der Waals surface area contributed by atoms with Gasteiger partial charge in [0.1, 0.15) is 4.88 Å². The summed E-state index contributed by atoms with van der Waals surface area (Å²) in [6.07, 6.45) is 8.83. The van der Waals surface area contributed by atoms with Crippen LogP contribution in [0.1, 0.15) is 60.3 Å². The van der Waals surface area contributed by atoms with Crippen LogP contribution in [0.15, 0.2) is 0 Å². The van der Waals surface area contributed by atoms with Crippen LogP contribution in [0.25, 0.3) is 0 Å². The molecule has 0 amide bonds. The predicted molar refractivity (Wildman–Crippen MR) is 73.5 cm³/mol. The van der Waals surface area contributed by atoms with Crippen molar-refractivity contribution in [2.45, 2.75) is 57.9 Å². The fourth-order valence-corrected chi connectivity index (χ4v) is 3.31. The van der Waals surface area contributed by atoms with Gasteiger partial charge in [0.05, 0.1) is 5.69 Å². The maximum absolute atomic E-state index is 11.0. The number of nitrogens with zero attached hydrogens (tertiary/aromatic N) is 1. The van der Waals surface area contributed by atoms with Gasteiger partial charge in [0.15, 0.2) is 5.13 Å². The highest BCUT2D eigenvalue weighted by molar-refractivity contribution is 7.17. The van der Waals surface area contributed by atoms with Crippen LogP contribution in [0.5, 0.6) is 0 Å². The van der Waals surface area contributed by atoms with Crippen molar-refractivity contribution >= 4 is 22.4 Å². The number of hydrogen-bond donors (Lipinski definition) is 2. The van der Waals surface area contributed by atoms with Crippen molar-refractivity contribution in [1.82, 2.24) is 4.98 Å². The highest BCUT2D eigenvalue weighted by Crippen LogP contribution is 2.26. The number of aromatic carboxylic acids is 1. The molecule has 1 aromatic rings. The van der Waals surface area contributed by atoms with Crippen LogP contribution in [0, 0.1) is 6.92 Å². The second kappa shape index (κ2) is 6.18. The highest BCUT2D eigenvalue weighted by atomic mass is 32.1. The normalized spacial score (nSPS) is 18.1. The first-order valence-corrected chi connectivity index (χ1v) is 7.45. The van der Waals surface area contributed by atoms with Crippen molar-refractivity contribution in [3.05, 3.63) is 10.6 Å². The summed E-state index contributed by atoms with van der Waals surface area (Å²) in [5.74, 6) is -0.879. The first-order valence-electron chi connectivity index (χ1n) is 6.64. The molecule has 2 rings (SSSR count). The van der Waals surface area contributed by atoms with E-state index in [4.69, 9.17) is 5.11 Å². The Labute approximate surface area is 111 Å². The van der Waals surface area contributed by atoms with Crippen LogP contribution in [-0.2, 0) is 0 Å². The Morgan fingerprint density at radius 3 is 2.44 bits per heavy atom. The van der Waals surface area contributed by atoms with Gasteiger partial charge in [0.25, 0.3) is 0 Å². The van der Waals surface area contributed by atoms with Gasteiger partial charge in [-0.05, 0) is 19.8 Å². The summed E-state index contributed by atoms with van der Waals surface area (Å²) in [4.78, 5) is 15.6. The molecule has 5 heteroatoms. The van der Waals surface area contributed by atoms with Gasteiger partial charge in [-0.25, -0.2) is 9.78 Å². The van der Waals surface area contributed by atoms with Crippen molar-refractivity contribution in [3.63, 3.8) is 0 Å². The molecule has 1 fully saturated rings. The number of carbonyl (C=O) groups is 1. The average molecular weight is 268 g/mol. The van der Waals surface area contributed by atoms with Crippen molar-refractivity contribution in [2.75, 3.05) is 5.32 Å². The fraction of sp³-hybridized carbons (Fsp3) is 0.692. The molecule has 0 radical (unpaired) electrons. The monoisotopic (exact) mass is 268 g/mol. The lowest BCUT2D eigenvalue weighted by Gasteiger charge is -2.20. The number of aromatic nitrogens is 1. The van der Waals surface area contributed by atoms with E-state index < -0.39 is 5.97 Å². The third kappa shape index (κ3) is 3.45. The van der Waals surface area contributed by atoms with Gasteiger partial charge in [0.2, 0.25) is 0 Å². The first kappa shape index (κ1) is 13.3. The molecule has 1 heterocycles. The number of carboxylic acid groups (broad SMARTS) is 1. The molecular formula is C13H20N2O2S. The number of aryl methyl sites for hydroxylation is 1. The van der Waals surface area contributed by atoms with Crippen LogP contribution in [0.3, 0.4) is 0 Å². The van der Waals surface area contributed by atoms with E-state index in [2.05, 4.69) is 10.3 Å². The molecule has 18 heavy (non-hydrogen) atoms. The van der Waals surface area contributed by atoms with E-state index in [9.17, 15) is 4.79 Å². The summed E-state index contributed by atoms with van der Waals surface area (Å²) in [5, 5.41) is 13.2. The van der Waals surface area contributed by atoms with Gasteiger partial charge < -0.3 is 10.4 Å². The van der Waals surface area contributed by atoms with Crippen LogP contribution in [-0.4, -0.2) is 22.1 Å². The quantitative estimate of drug-likeness (QED) is 0.878. The highest BCUT2D eigenvalue weighted by Gasteiger charge is 2.17. The maximum Gasteiger partial charge on any atom is 0.347 e. The topological polar surface area (TPSA) is 62.2 Å². The molecule has 0 aromatic carbocycles. The van der Waals surface area contributed by atoms with Crippen molar-refractivity contribution in [2.24, 2.45) is 0 Å². The lowest BCUT2D eigenvalue weighted by Crippen LogP contribution is -2.20. The molecule has 100 valence electrons. The molecule has 0 unspecified atom stereocenters. The lowest BCUT2D eigenvalue weighted by molar-refractivity contribution is 0.0701. The van der Waals surface area contributed by atoms with E-state index >= 15 is 0 Å². The molecule has 0 atom stereocenters. The standard InChI is InChI=1S/C13H20N2O2S/c1-9-11(12(16)17)18-13(14-9)15-10-7-5-3-2-4-6-8-10/h10H,2-8H2,1H3,(H,14,15)(H,16,17). The van der Waals surface area contributed by atoms with E-state index in [-0.39, 0.29) is 0 Å². The SMILES string of the molecule is Cc1nc(NC2CCCCCCC2)sc1C(=O)O. The Kier molecular flexibility index (Phi) is 4.58. The lowest BCUT2D eigenvalue weighted by atomic mass is 9.97. The molecule has 0 saturated heterocycles. The van der Waals surface area contributed by atoms with Crippen molar-refractivity contribution < 1.29 is 9.90 Å². The largest absolute Gasteiger partial charge is 0.477 e. The molecule has 1 aliphatic carbocycles. The molecule has 1 aromatic heterocycles. The number of hydrogen-bond acceptors (Lipinski definition) is 4. The second-order valence-corrected chi connectivity index (χ2v) is 5.92. The molecular weight excluding hydrogens is 248 g/mol. The number of nitrogens with one attached hydrogen (secondary N) is 1. The van der Waals surface area contributed by atoms with Gasteiger partial charge in [-0.3, -0.25) is 0 Å². The molecule has 0 aliphatic heterocycles. The van der Waals surface area contributed by atoms with Gasteiger partial charge in [-0.2, -0.15) is 0 Å². The zero-order chi connectivity index (χ0) is 13.0. The average Bonchev–Trinajstić information content (AvgIpc) is 2.63. The summed E-state index contributed by atoms with van der Waals surface area (Å²) in [6.45, 7) is 1.75. The third-order valence-electron chi connectivity index (χ3n) is 3.42. The van der Waals surface area contributed by atoms with E-state index in [1.165, 1.54) is 56.3 Å². The third-order valence-corrected chi connectivity index (χ3v) is 4.50. The van der Waals surface area contributed by atoms with Crippen molar-refractivity contribution in [3.8, 4) is 0 Å². The molecule has 1 aliphatic rings. The Balaban J connectivity index is 1.99. The summed E-state index contributed by atoms with van der Waals surface area (Å²) < 4.78 is 0. The Morgan fingerprint density at radius 1 is 1.28 bits per heavy atom. The molecule has 0 bridgehead atoms. The number of thiazole rings is 1. The second-order valence-electron chi connectivity index (χ2n) is 4.93. The zero-order valence-corrected chi connectivity index (χ0v) is 11.6. The summed E-state index contributed by atoms with van der Waals surface area (Å²) in [7, 11) is 0. The van der Waals surface area contributed by atoms with Gasteiger partial charge in [-0.1, -0.05) is 43.4 Å². The summed E-state index contributed by atoms with van der Waals surface area (Å²) in [5.41, 5.74) is 0.612. The van der Waals surface area contributed by atoms with Gasteiger partial charge in [0, 0.05) is 6.04 Å². The summed E-state index contributed by atoms with van der Waals surface area (Å²) >= 11 is 1.25. The number of carboxylic acids is 1. The predicted octanol–water partition coefficient (Wildman–Crippen LogP) is 3.67. The van der Waals surface area contributed by atoms with Gasteiger partial charge >= 0.3 is 5.97 Å². The van der Waals surface area contributed by atoms with Crippen LogP contribution >= 0.6 is 11.3 Å². The Bertz CT molecular complexity index is 409. The minimum absolute atomic E-state index is 0.350. The minimum atomic E-state index is -0.879. The summed E-state index contributed by atoms with van der Waals surface area (Å²) in [6, 6.07) is 0.456. The van der Waals surface area contributed by atoms with E-state index in [1.807, 2.05) is 0 Å². The molecule has 1 saturated carbocycles. The van der Waals surface area contributed by atoms with E-state index in [0.29, 0.717) is 16.6 Å². The van der Waals surface area contributed by atoms with Crippen molar-refractivity contribution in [1.29, 1.82) is 0 Å².